The summed E-state index contributed by atoms with van der Waals surface area (Å²) in [5.74, 6) is 0.613. The van der Waals surface area contributed by atoms with Crippen molar-refractivity contribution in [3.63, 3.8) is 0 Å². The fourth-order valence-corrected chi connectivity index (χ4v) is 4.72. The van der Waals surface area contributed by atoms with Gasteiger partial charge in [0.2, 0.25) is 0 Å². The zero-order valence-corrected chi connectivity index (χ0v) is 17.9. The average molecular weight is 391 g/mol. The van der Waals surface area contributed by atoms with Crippen LogP contribution in [0.1, 0.15) is 68.4 Å². The number of hydrogen-bond acceptors (Lipinski definition) is 3. The summed E-state index contributed by atoms with van der Waals surface area (Å²) in [5, 5.41) is 0. The molecule has 0 N–H and O–H groups in total. The van der Waals surface area contributed by atoms with Crippen LogP contribution in [0, 0.1) is 0 Å². The number of carbonyl (C=O) groups excluding carboxylic acids is 1. The van der Waals surface area contributed by atoms with Crippen molar-refractivity contribution in [3.8, 4) is 5.75 Å². The smallest absolute Gasteiger partial charge is 0.330 e. The van der Waals surface area contributed by atoms with E-state index in [1.807, 2.05) is 25.1 Å². The van der Waals surface area contributed by atoms with Crippen molar-refractivity contribution in [1.29, 1.82) is 0 Å². The number of aryl methyl sites for hydroxylation is 1. The number of esters is 1. The van der Waals surface area contributed by atoms with Gasteiger partial charge in [-0.1, -0.05) is 38.1 Å². The fraction of sp³-hybridized carbons (Fsp3) is 0.423. The molecule has 152 valence electrons. The summed E-state index contributed by atoms with van der Waals surface area (Å²) >= 11 is 0. The lowest BCUT2D eigenvalue weighted by atomic mass is 9.69. The maximum Gasteiger partial charge on any atom is 0.330 e. The number of ether oxygens (including phenoxy) is 2. The van der Waals surface area contributed by atoms with E-state index in [9.17, 15) is 4.79 Å². The Hall–Kier alpha value is -2.55. The SMILES string of the molecule is CCOC(=O)/C=C/c1ccc2c(c1)C(C)(c1ccc3c(c1)C(C)(C)CCC3)CO2. The first-order valence-electron chi connectivity index (χ1n) is 10.6. The summed E-state index contributed by atoms with van der Waals surface area (Å²) in [5.41, 5.74) is 6.44. The van der Waals surface area contributed by atoms with E-state index in [1.165, 1.54) is 47.6 Å². The molecule has 1 aliphatic carbocycles. The van der Waals surface area contributed by atoms with Gasteiger partial charge in [-0.3, -0.25) is 0 Å². The predicted molar refractivity (Wildman–Crippen MR) is 116 cm³/mol. The van der Waals surface area contributed by atoms with Crippen molar-refractivity contribution in [3.05, 3.63) is 70.3 Å². The molecular weight excluding hydrogens is 360 g/mol. The van der Waals surface area contributed by atoms with Gasteiger partial charge in [-0.25, -0.2) is 4.79 Å². The molecule has 1 aliphatic heterocycles. The number of benzene rings is 2. The highest BCUT2D eigenvalue weighted by Crippen LogP contribution is 2.46. The van der Waals surface area contributed by atoms with E-state index in [-0.39, 0.29) is 16.8 Å². The standard InChI is InChI=1S/C26H30O3/c1-5-28-24(27)13-9-18-8-12-23-22(15-18)26(4,17-29-23)20-11-10-19-7-6-14-25(2,3)21(19)16-20/h8-13,15-16H,5-7,14,17H2,1-4H3/b13-9+. The van der Waals surface area contributed by atoms with Gasteiger partial charge in [-0.15, -0.1) is 0 Å². The van der Waals surface area contributed by atoms with Crippen molar-refractivity contribution in [2.45, 2.75) is 57.8 Å². The molecule has 0 saturated carbocycles. The number of fused-ring (bicyclic) bond motifs is 2. The van der Waals surface area contributed by atoms with Crippen molar-refractivity contribution in [2.24, 2.45) is 0 Å². The summed E-state index contributed by atoms with van der Waals surface area (Å²) < 4.78 is 11.1. The second-order valence-electron chi connectivity index (χ2n) is 9.07. The molecule has 2 aromatic rings. The molecule has 0 saturated heterocycles. The summed E-state index contributed by atoms with van der Waals surface area (Å²) in [6, 6.07) is 13.1. The fourth-order valence-electron chi connectivity index (χ4n) is 4.72. The van der Waals surface area contributed by atoms with Crippen LogP contribution in [0.25, 0.3) is 6.08 Å². The van der Waals surface area contributed by atoms with E-state index in [0.717, 1.165) is 11.3 Å². The van der Waals surface area contributed by atoms with Crippen LogP contribution >= 0.6 is 0 Å². The quantitative estimate of drug-likeness (QED) is 0.505. The third kappa shape index (κ3) is 3.59. The van der Waals surface area contributed by atoms with Gasteiger partial charge in [-0.05, 0) is 79.0 Å². The molecule has 29 heavy (non-hydrogen) atoms. The molecule has 2 aliphatic rings. The minimum atomic E-state index is -0.316. The van der Waals surface area contributed by atoms with Crippen LogP contribution in [0.3, 0.4) is 0 Å². The molecule has 0 fully saturated rings. The van der Waals surface area contributed by atoms with Crippen LogP contribution in [0.2, 0.25) is 0 Å². The van der Waals surface area contributed by atoms with Crippen LogP contribution in [-0.2, 0) is 26.8 Å². The van der Waals surface area contributed by atoms with Gasteiger partial charge in [0.25, 0.3) is 0 Å². The second-order valence-corrected chi connectivity index (χ2v) is 9.07. The largest absolute Gasteiger partial charge is 0.492 e. The molecule has 0 aromatic heterocycles. The van der Waals surface area contributed by atoms with E-state index in [4.69, 9.17) is 9.47 Å². The summed E-state index contributed by atoms with van der Waals surface area (Å²) in [6.45, 7) is 9.79. The van der Waals surface area contributed by atoms with Gasteiger partial charge < -0.3 is 9.47 Å². The van der Waals surface area contributed by atoms with Crippen LogP contribution in [-0.4, -0.2) is 19.2 Å². The van der Waals surface area contributed by atoms with Gasteiger partial charge >= 0.3 is 5.97 Å². The highest BCUT2D eigenvalue weighted by Gasteiger charge is 2.39. The maximum absolute atomic E-state index is 11.7. The zero-order chi connectivity index (χ0) is 20.6. The number of rotatable bonds is 4. The summed E-state index contributed by atoms with van der Waals surface area (Å²) in [7, 11) is 0. The molecule has 0 radical (unpaired) electrons. The van der Waals surface area contributed by atoms with Crippen molar-refractivity contribution in [1.82, 2.24) is 0 Å². The molecule has 1 heterocycles. The van der Waals surface area contributed by atoms with Crippen LogP contribution in [0.4, 0.5) is 0 Å². The molecule has 3 heteroatoms. The molecule has 1 unspecified atom stereocenters. The molecule has 0 amide bonds. The first-order chi connectivity index (χ1) is 13.8. The first kappa shape index (κ1) is 19.8. The molecule has 0 spiro atoms. The number of carbonyl (C=O) groups is 1. The Labute approximate surface area is 173 Å². The van der Waals surface area contributed by atoms with Crippen LogP contribution < -0.4 is 4.74 Å². The normalized spacial score (nSPS) is 22.1. The Bertz CT molecular complexity index is 970. The molecule has 0 bridgehead atoms. The van der Waals surface area contributed by atoms with Gasteiger partial charge in [-0.2, -0.15) is 0 Å². The minimum Gasteiger partial charge on any atom is -0.492 e. The average Bonchev–Trinajstić information content (AvgIpc) is 3.04. The first-order valence-corrected chi connectivity index (χ1v) is 10.6. The van der Waals surface area contributed by atoms with Gasteiger partial charge in [0, 0.05) is 11.6 Å². The Morgan fingerprint density at radius 3 is 2.76 bits per heavy atom. The second kappa shape index (κ2) is 7.37. The van der Waals surface area contributed by atoms with Crippen LogP contribution in [0.15, 0.2) is 42.5 Å². The van der Waals surface area contributed by atoms with Crippen molar-refractivity contribution in [2.75, 3.05) is 13.2 Å². The predicted octanol–water partition coefficient (Wildman–Crippen LogP) is 5.58. The van der Waals surface area contributed by atoms with Crippen molar-refractivity contribution >= 4 is 12.0 Å². The lowest BCUT2D eigenvalue weighted by molar-refractivity contribution is -0.137. The molecule has 1 atom stereocenters. The lowest BCUT2D eigenvalue weighted by Gasteiger charge is -2.34. The molecular formula is C26H30O3. The molecule has 4 rings (SSSR count). The van der Waals surface area contributed by atoms with E-state index < -0.39 is 0 Å². The highest BCUT2D eigenvalue weighted by molar-refractivity contribution is 5.87. The summed E-state index contributed by atoms with van der Waals surface area (Å²) in [4.78, 5) is 11.7. The van der Waals surface area contributed by atoms with E-state index in [1.54, 1.807) is 0 Å². The summed E-state index contributed by atoms with van der Waals surface area (Å²) in [6.07, 6.45) is 6.97. The van der Waals surface area contributed by atoms with Crippen LogP contribution in [0.5, 0.6) is 5.75 Å². The van der Waals surface area contributed by atoms with E-state index in [2.05, 4.69) is 45.0 Å². The third-order valence-electron chi connectivity index (χ3n) is 6.54. The Morgan fingerprint density at radius 2 is 1.97 bits per heavy atom. The van der Waals surface area contributed by atoms with Gasteiger partial charge in [0.05, 0.1) is 12.0 Å². The Balaban J connectivity index is 1.71. The minimum absolute atomic E-state index is 0.203. The third-order valence-corrected chi connectivity index (χ3v) is 6.54. The Kier molecular flexibility index (Phi) is 5.02. The monoisotopic (exact) mass is 390 g/mol. The van der Waals surface area contributed by atoms with E-state index >= 15 is 0 Å². The van der Waals surface area contributed by atoms with E-state index in [0.29, 0.717) is 13.2 Å². The number of hydrogen-bond donors (Lipinski definition) is 0. The molecule has 3 nitrogen and oxygen atoms in total. The van der Waals surface area contributed by atoms with Crippen molar-refractivity contribution < 1.29 is 14.3 Å². The van der Waals surface area contributed by atoms with Gasteiger partial charge in [0.1, 0.15) is 12.4 Å². The topological polar surface area (TPSA) is 35.5 Å². The zero-order valence-electron chi connectivity index (χ0n) is 17.9. The highest BCUT2D eigenvalue weighted by atomic mass is 16.5. The maximum atomic E-state index is 11.7. The van der Waals surface area contributed by atoms with Gasteiger partial charge in [0.15, 0.2) is 0 Å². The molecule has 2 aromatic carbocycles. The lowest BCUT2D eigenvalue weighted by Crippen LogP contribution is -2.28. The Morgan fingerprint density at radius 1 is 1.14 bits per heavy atom.